The maximum absolute atomic E-state index is 4.29. The third kappa shape index (κ3) is 2.33. The molecule has 1 heteroatoms. The molecule has 0 heterocycles. The second-order valence-corrected chi connectivity index (χ2v) is 5.78. The molecule has 4 rings (SSSR count). The van der Waals surface area contributed by atoms with Crippen LogP contribution in [0.15, 0.2) is 66.2 Å². The predicted molar refractivity (Wildman–Crippen MR) is 91.1 cm³/mol. The van der Waals surface area contributed by atoms with Crippen LogP contribution in [0.3, 0.4) is 0 Å². The standard InChI is InChI=1S/C21H17.Zr/c1-14-13-21-17(15(14)2)10-6-12-20(21)19-11-5-8-16-7-3-4-9-18(16)19;/h3-13,15H,2H2,1H3;/q-1;. The Labute approximate surface area is 151 Å². The molecule has 0 amide bonds. The van der Waals surface area contributed by atoms with Crippen LogP contribution in [0.25, 0.3) is 28.0 Å². The fourth-order valence-electron chi connectivity index (χ4n) is 3.32. The Morgan fingerprint density at radius 2 is 1.50 bits per heavy atom. The molecule has 1 aliphatic rings. The molecule has 106 valence electrons. The minimum absolute atomic E-state index is 0. The van der Waals surface area contributed by atoms with Gasteiger partial charge in [-0.1, -0.05) is 77.9 Å². The van der Waals surface area contributed by atoms with Crippen molar-refractivity contribution < 1.29 is 26.2 Å². The third-order valence-corrected chi connectivity index (χ3v) is 4.52. The van der Waals surface area contributed by atoms with E-state index in [1.54, 1.807) is 0 Å². The topological polar surface area (TPSA) is 0 Å². The normalized spacial score (nSPS) is 16.1. The average Bonchev–Trinajstić information content (AvgIpc) is 2.82. The molecule has 3 aromatic rings. The van der Waals surface area contributed by atoms with E-state index in [1.165, 1.54) is 38.6 Å². The van der Waals surface area contributed by atoms with Crippen LogP contribution >= 0.6 is 0 Å². The van der Waals surface area contributed by atoms with Gasteiger partial charge in [0.25, 0.3) is 0 Å². The molecule has 3 aromatic carbocycles. The molecule has 0 spiro atoms. The van der Waals surface area contributed by atoms with Crippen LogP contribution < -0.4 is 0 Å². The molecule has 22 heavy (non-hydrogen) atoms. The molecular weight excluding hydrogens is 343 g/mol. The van der Waals surface area contributed by atoms with E-state index in [0.29, 0.717) is 0 Å². The molecule has 0 saturated heterocycles. The SMILES string of the molecule is [CH2-]C1C(C)=Cc2c(-c3cccc4ccccc34)cccc21.[Zr]. The van der Waals surface area contributed by atoms with Crippen LogP contribution in [0.1, 0.15) is 24.0 Å². The molecule has 0 N–H and O–H groups in total. The molecule has 1 atom stereocenters. The van der Waals surface area contributed by atoms with Gasteiger partial charge in [0, 0.05) is 26.2 Å². The van der Waals surface area contributed by atoms with Crippen LogP contribution in [0.2, 0.25) is 0 Å². The monoisotopic (exact) mass is 359 g/mol. The first-order valence-corrected chi connectivity index (χ1v) is 7.38. The summed E-state index contributed by atoms with van der Waals surface area (Å²) in [5.74, 6) is 0.287. The minimum Gasteiger partial charge on any atom is -0.332 e. The van der Waals surface area contributed by atoms with Gasteiger partial charge in [0.05, 0.1) is 0 Å². The molecule has 0 aliphatic heterocycles. The predicted octanol–water partition coefficient (Wildman–Crippen LogP) is 5.84. The molecule has 0 aromatic heterocycles. The smallest absolute Gasteiger partial charge is 0 e. The molecular formula is C21H17Zr-. The molecule has 1 aliphatic carbocycles. The maximum atomic E-state index is 4.29. The Morgan fingerprint density at radius 1 is 0.818 bits per heavy atom. The first-order valence-electron chi connectivity index (χ1n) is 7.38. The van der Waals surface area contributed by atoms with Crippen molar-refractivity contribution >= 4 is 16.8 Å². The number of allylic oxidation sites excluding steroid dienone is 1. The van der Waals surface area contributed by atoms with Crippen molar-refractivity contribution in [2.45, 2.75) is 12.8 Å². The first kappa shape index (κ1) is 15.4. The van der Waals surface area contributed by atoms with Crippen molar-refractivity contribution in [1.82, 2.24) is 0 Å². The van der Waals surface area contributed by atoms with Crippen LogP contribution in [-0.2, 0) is 26.2 Å². The van der Waals surface area contributed by atoms with Gasteiger partial charge in [0.2, 0.25) is 0 Å². The zero-order chi connectivity index (χ0) is 14.4. The first-order chi connectivity index (χ1) is 10.3. The van der Waals surface area contributed by atoms with Crippen LogP contribution in [-0.4, -0.2) is 0 Å². The van der Waals surface area contributed by atoms with Crippen molar-refractivity contribution in [1.29, 1.82) is 0 Å². The summed E-state index contributed by atoms with van der Waals surface area (Å²) < 4.78 is 0. The summed E-state index contributed by atoms with van der Waals surface area (Å²) >= 11 is 0. The van der Waals surface area contributed by atoms with Gasteiger partial charge in [0.15, 0.2) is 0 Å². The average molecular weight is 361 g/mol. The van der Waals surface area contributed by atoms with E-state index in [9.17, 15) is 0 Å². The van der Waals surface area contributed by atoms with E-state index in [-0.39, 0.29) is 32.1 Å². The van der Waals surface area contributed by atoms with E-state index in [4.69, 9.17) is 0 Å². The van der Waals surface area contributed by atoms with E-state index >= 15 is 0 Å². The molecule has 0 radical (unpaired) electrons. The molecule has 0 bridgehead atoms. The Balaban J connectivity index is 0.00000144. The number of fused-ring (bicyclic) bond motifs is 2. The third-order valence-electron chi connectivity index (χ3n) is 4.52. The summed E-state index contributed by atoms with van der Waals surface area (Å²) in [5, 5.41) is 2.60. The van der Waals surface area contributed by atoms with E-state index in [0.717, 1.165) is 0 Å². The van der Waals surface area contributed by atoms with Crippen LogP contribution in [0, 0.1) is 6.92 Å². The Kier molecular flexibility index (Phi) is 4.19. The quantitative estimate of drug-likeness (QED) is 0.478. The van der Waals surface area contributed by atoms with E-state index < -0.39 is 0 Å². The zero-order valence-corrected chi connectivity index (χ0v) is 15.1. The van der Waals surface area contributed by atoms with Gasteiger partial charge >= 0.3 is 0 Å². The van der Waals surface area contributed by atoms with E-state index in [1.807, 2.05) is 0 Å². The number of hydrogen-bond acceptors (Lipinski definition) is 0. The fraction of sp³-hybridized carbons (Fsp3) is 0.0952. The van der Waals surface area contributed by atoms with E-state index in [2.05, 4.69) is 80.6 Å². The Bertz CT molecular complexity index is 869. The van der Waals surface area contributed by atoms with Crippen molar-refractivity contribution in [3.63, 3.8) is 0 Å². The van der Waals surface area contributed by atoms with Crippen molar-refractivity contribution in [2.24, 2.45) is 0 Å². The van der Waals surface area contributed by atoms with Gasteiger partial charge < -0.3 is 6.92 Å². The Hall–Kier alpha value is -1.46. The van der Waals surface area contributed by atoms with Crippen LogP contribution in [0.5, 0.6) is 0 Å². The Morgan fingerprint density at radius 3 is 2.36 bits per heavy atom. The summed E-state index contributed by atoms with van der Waals surface area (Å²) in [6, 6.07) is 21.7. The minimum atomic E-state index is 0. The number of hydrogen-bond donors (Lipinski definition) is 0. The zero-order valence-electron chi connectivity index (χ0n) is 12.6. The summed E-state index contributed by atoms with van der Waals surface area (Å²) in [5.41, 5.74) is 6.65. The van der Waals surface area contributed by atoms with Gasteiger partial charge in [-0.15, -0.1) is 5.92 Å². The van der Waals surface area contributed by atoms with Gasteiger partial charge in [-0.3, -0.25) is 0 Å². The van der Waals surface area contributed by atoms with Crippen molar-refractivity contribution in [2.75, 3.05) is 0 Å². The molecule has 1 unspecified atom stereocenters. The number of benzene rings is 3. The maximum Gasteiger partial charge on any atom is 0 e. The molecule has 0 nitrogen and oxygen atoms in total. The molecule has 0 saturated carbocycles. The molecule has 0 fully saturated rings. The number of rotatable bonds is 1. The van der Waals surface area contributed by atoms with Gasteiger partial charge in [-0.2, -0.15) is 0 Å². The second kappa shape index (κ2) is 5.97. The fourth-order valence-corrected chi connectivity index (χ4v) is 3.32. The summed E-state index contributed by atoms with van der Waals surface area (Å²) in [7, 11) is 0. The summed E-state index contributed by atoms with van der Waals surface area (Å²) in [6.07, 6.45) is 2.30. The second-order valence-electron chi connectivity index (χ2n) is 5.78. The largest absolute Gasteiger partial charge is 0.332 e. The van der Waals surface area contributed by atoms with Gasteiger partial charge in [-0.05, 0) is 34.4 Å². The summed E-state index contributed by atoms with van der Waals surface area (Å²) in [6.45, 7) is 6.46. The van der Waals surface area contributed by atoms with Gasteiger partial charge in [0.1, 0.15) is 0 Å². The van der Waals surface area contributed by atoms with Crippen molar-refractivity contribution in [3.05, 3.63) is 84.3 Å². The van der Waals surface area contributed by atoms with Crippen LogP contribution in [0.4, 0.5) is 0 Å². The summed E-state index contributed by atoms with van der Waals surface area (Å²) in [4.78, 5) is 0. The van der Waals surface area contributed by atoms with Crippen molar-refractivity contribution in [3.8, 4) is 11.1 Å². The van der Waals surface area contributed by atoms with Gasteiger partial charge in [-0.25, -0.2) is 0 Å².